The van der Waals surface area contributed by atoms with Crippen molar-refractivity contribution in [3.8, 4) is 33.6 Å². The first-order valence-corrected chi connectivity index (χ1v) is 18.2. The van der Waals surface area contributed by atoms with Crippen LogP contribution in [-0.4, -0.2) is 91.0 Å². The number of likely N-dealkylation sites (tertiary alicyclic amines) is 1. The molecule has 1 aliphatic heterocycles. The van der Waals surface area contributed by atoms with E-state index in [1.54, 1.807) is 17.3 Å². The van der Waals surface area contributed by atoms with Crippen molar-refractivity contribution in [2.45, 2.75) is 77.9 Å². The lowest BCUT2D eigenvalue weighted by Crippen LogP contribution is -2.51. The first-order valence-electron chi connectivity index (χ1n) is 18.2. The molecule has 1 fully saturated rings. The smallest absolute Gasteiger partial charge is 0.407 e. The van der Waals surface area contributed by atoms with Crippen molar-refractivity contribution in [1.29, 1.82) is 0 Å². The van der Waals surface area contributed by atoms with Crippen molar-refractivity contribution in [3.05, 3.63) is 78.1 Å². The molecule has 2 aliphatic rings. The third-order valence-electron chi connectivity index (χ3n) is 10.1. The number of carboxylic acids is 1. The number of aromatic nitrogens is 4. The number of carboxylic acid groups (broad SMARTS) is 1. The molecule has 3 amide bonds. The monoisotopic (exact) mass is 721 g/mol. The quantitative estimate of drug-likeness (QED) is 0.129. The number of nitrogens with zero attached hydrogens (tertiary/aromatic N) is 4. The van der Waals surface area contributed by atoms with Gasteiger partial charge in [0.25, 0.3) is 5.91 Å². The van der Waals surface area contributed by atoms with Gasteiger partial charge >= 0.3 is 12.1 Å². The van der Waals surface area contributed by atoms with Crippen LogP contribution in [0.1, 0.15) is 77.5 Å². The molecular formula is C40H47N7O6. The van der Waals surface area contributed by atoms with Crippen LogP contribution < -0.4 is 5.32 Å². The Morgan fingerprint density at radius 3 is 2.08 bits per heavy atom. The average Bonchev–Trinajstić information content (AvgIpc) is 3.98. The number of ether oxygens (including phenoxy) is 1. The number of alkyl carbamates (subject to hydrolysis) is 1. The fraction of sp³-hybridized carbons (Fsp3) is 0.400. The number of allylic oxidation sites excluding steroid dienone is 1. The number of benzene rings is 2. The van der Waals surface area contributed by atoms with Crippen LogP contribution in [0.15, 0.2) is 66.5 Å². The highest BCUT2D eigenvalue weighted by Gasteiger charge is 2.37. The topological polar surface area (TPSA) is 174 Å². The molecule has 2 aromatic heterocycles. The molecule has 1 saturated heterocycles. The fourth-order valence-electron chi connectivity index (χ4n) is 7.20. The molecule has 3 heterocycles. The largest absolute Gasteiger partial charge is 0.480 e. The van der Waals surface area contributed by atoms with Gasteiger partial charge in [-0.05, 0) is 74.1 Å². The minimum atomic E-state index is -1.03. The maximum atomic E-state index is 13.5. The Labute approximate surface area is 308 Å². The van der Waals surface area contributed by atoms with Crippen LogP contribution >= 0.6 is 0 Å². The molecule has 0 radical (unpaired) electrons. The number of rotatable bonds is 12. The minimum Gasteiger partial charge on any atom is -0.480 e. The summed E-state index contributed by atoms with van der Waals surface area (Å²) >= 11 is 0. The Kier molecular flexibility index (Phi) is 11.1. The first kappa shape index (κ1) is 37.1. The number of aromatic amines is 2. The van der Waals surface area contributed by atoms with Gasteiger partial charge in [0.05, 0.1) is 36.9 Å². The van der Waals surface area contributed by atoms with E-state index >= 15 is 0 Å². The molecule has 4 aromatic rings. The maximum Gasteiger partial charge on any atom is 0.407 e. The van der Waals surface area contributed by atoms with Gasteiger partial charge in [0.2, 0.25) is 5.91 Å². The summed E-state index contributed by atoms with van der Waals surface area (Å²) in [6.45, 7) is 7.69. The molecule has 6 rings (SSSR count). The van der Waals surface area contributed by atoms with Gasteiger partial charge < -0.3 is 34.9 Å². The highest BCUT2D eigenvalue weighted by atomic mass is 16.5. The van der Waals surface area contributed by atoms with Crippen molar-refractivity contribution < 1.29 is 29.0 Å². The second kappa shape index (κ2) is 15.9. The van der Waals surface area contributed by atoms with Crippen molar-refractivity contribution >= 4 is 29.5 Å². The number of nitrogens with one attached hydrogen (secondary N) is 3. The Balaban J connectivity index is 1.13. The highest BCUT2D eigenvalue weighted by Crippen LogP contribution is 2.36. The van der Waals surface area contributed by atoms with E-state index in [0.717, 1.165) is 64.3 Å². The maximum absolute atomic E-state index is 13.5. The van der Waals surface area contributed by atoms with E-state index in [9.17, 15) is 24.3 Å². The van der Waals surface area contributed by atoms with E-state index in [-0.39, 0.29) is 36.4 Å². The van der Waals surface area contributed by atoms with Crippen molar-refractivity contribution in [2.24, 2.45) is 5.92 Å². The Morgan fingerprint density at radius 2 is 1.49 bits per heavy atom. The van der Waals surface area contributed by atoms with Crippen LogP contribution in [0.25, 0.3) is 39.2 Å². The van der Waals surface area contributed by atoms with Gasteiger partial charge in [-0.1, -0.05) is 62.4 Å². The molecule has 0 bridgehead atoms. The summed E-state index contributed by atoms with van der Waals surface area (Å²) in [6, 6.07) is 15.2. The first-order chi connectivity index (χ1) is 25.4. The number of carbonyl (C=O) groups excluding carboxylic acids is 3. The molecule has 1 aliphatic carbocycles. The van der Waals surface area contributed by atoms with E-state index in [0.29, 0.717) is 30.8 Å². The summed E-state index contributed by atoms with van der Waals surface area (Å²) in [6.07, 6.45) is 6.68. The van der Waals surface area contributed by atoms with Gasteiger partial charge in [-0.2, -0.15) is 0 Å². The van der Waals surface area contributed by atoms with Crippen LogP contribution in [0.4, 0.5) is 4.79 Å². The lowest BCUT2D eigenvalue weighted by atomic mass is 10.0. The van der Waals surface area contributed by atoms with Crippen LogP contribution in [0.2, 0.25) is 0 Å². The zero-order chi connectivity index (χ0) is 37.8. The average molecular weight is 722 g/mol. The molecular weight excluding hydrogens is 674 g/mol. The van der Waals surface area contributed by atoms with Crippen LogP contribution in [0.3, 0.4) is 0 Å². The van der Waals surface area contributed by atoms with E-state index in [2.05, 4.69) is 49.5 Å². The Bertz CT molecular complexity index is 1990. The number of imidazole rings is 2. The number of carbonyl (C=O) groups is 4. The normalized spacial score (nSPS) is 16.4. The molecule has 0 saturated carbocycles. The van der Waals surface area contributed by atoms with Crippen molar-refractivity contribution in [2.75, 3.05) is 20.2 Å². The zero-order valence-electron chi connectivity index (χ0n) is 30.8. The van der Waals surface area contributed by atoms with Gasteiger partial charge in [0.1, 0.15) is 24.2 Å². The molecule has 0 spiro atoms. The number of hydrogen-bond acceptors (Lipinski definition) is 7. The third-order valence-corrected chi connectivity index (χ3v) is 10.1. The summed E-state index contributed by atoms with van der Waals surface area (Å²) in [5.74, 6) is -0.164. The lowest BCUT2D eigenvalue weighted by Gasteiger charge is -2.30. The summed E-state index contributed by atoms with van der Waals surface area (Å²) in [4.78, 5) is 69.5. The van der Waals surface area contributed by atoms with Gasteiger partial charge in [0, 0.05) is 23.7 Å². The summed E-state index contributed by atoms with van der Waals surface area (Å²) < 4.78 is 4.75. The second-order valence-electron chi connectivity index (χ2n) is 14.3. The minimum absolute atomic E-state index is 0.107. The van der Waals surface area contributed by atoms with Gasteiger partial charge in [-0.25, -0.2) is 14.8 Å². The molecule has 13 nitrogen and oxygen atoms in total. The van der Waals surface area contributed by atoms with E-state index < -0.39 is 18.1 Å². The SMILES string of the molecule is COC(=O)NC(C(=O)N1CCC[C@H]1c1ncc(-c2ccc(-c3ccc(-c4cnc(C5=C(C(=O)N(CC(=O)O)C(C)C)CCC5)[nH]4)cc3)cc2)[nH]1)C(C)C. The summed E-state index contributed by atoms with van der Waals surface area (Å²) in [5.41, 5.74) is 7.18. The predicted molar refractivity (Wildman–Crippen MR) is 200 cm³/mol. The molecule has 2 atom stereocenters. The van der Waals surface area contributed by atoms with Crippen molar-refractivity contribution in [3.63, 3.8) is 0 Å². The highest BCUT2D eigenvalue weighted by molar-refractivity contribution is 6.02. The zero-order valence-corrected chi connectivity index (χ0v) is 30.8. The summed E-state index contributed by atoms with van der Waals surface area (Å²) in [7, 11) is 1.29. The number of hydrogen-bond donors (Lipinski definition) is 4. The van der Waals surface area contributed by atoms with Crippen LogP contribution in [-0.2, 0) is 19.1 Å². The molecule has 53 heavy (non-hydrogen) atoms. The standard InChI is InChI=1S/C40H47N7O6/c1-23(2)35(45-40(52)53-5)39(51)46-19-7-10-33(46)37-42-21-32(44-37)28-17-13-26(14-18-28)25-11-15-27(16-12-25)31-20-41-36(43-31)29-8-6-9-30(29)38(50)47(24(3)4)22-34(48)49/h11-18,20-21,23-24,33,35H,6-10,19,22H2,1-5H3,(H,41,43)(H,42,44)(H,45,52)(H,48,49)/t33-,35?/m0/s1. The predicted octanol–water partition coefficient (Wildman–Crippen LogP) is 6.44. The van der Waals surface area contributed by atoms with Crippen LogP contribution in [0.5, 0.6) is 0 Å². The Hall–Kier alpha value is -5.72. The Morgan fingerprint density at radius 1 is 0.887 bits per heavy atom. The van der Waals surface area contributed by atoms with Gasteiger partial charge in [0.15, 0.2) is 0 Å². The van der Waals surface area contributed by atoms with Crippen molar-refractivity contribution in [1.82, 2.24) is 35.1 Å². The number of amides is 3. The molecule has 2 aromatic carbocycles. The molecule has 13 heteroatoms. The van der Waals surface area contributed by atoms with Gasteiger partial charge in [-0.15, -0.1) is 0 Å². The molecule has 278 valence electrons. The fourth-order valence-corrected chi connectivity index (χ4v) is 7.20. The summed E-state index contributed by atoms with van der Waals surface area (Å²) in [5, 5.41) is 12.0. The number of methoxy groups -OCH3 is 1. The number of aliphatic carboxylic acids is 1. The number of H-pyrrole nitrogens is 2. The molecule has 4 N–H and O–H groups in total. The third kappa shape index (κ3) is 8.03. The molecule has 1 unspecified atom stereocenters. The second-order valence-corrected chi connectivity index (χ2v) is 14.3. The van der Waals surface area contributed by atoms with E-state index in [1.807, 2.05) is 52.0 Å². The lowest BCUT2D eigenvalue weighted by molar-refractivity contribution is -0.144. The van der Waals surface area contributed by atoms with Gasteiger partial charge in [-0.3, -0.25) is 14.4 Å². The van der Waals surface area contributed by atoms with Crippen LogP contribution in [0, 0.1) is 5.92 Å². The van der Waals surface area contributed by atoms with E-state index in [1.165, 1.54) is 12.0 Å². The van der Waals surface area contributed by atoms with E-state index in [4.69, 9.17) is 4.74 Å².